The molecule has 1 aliphatic rings. The van der Waals surface area contributed by atoms with Crippen molar-refractivity contribution in [3.8, 4) is 5.75 Å². The number of aromatic nitrogens is 2. The number of methoxy groups -OCH3 is 1. The van der Waals surface area contributed by atoms with Crippen molar-refractivity contribution >= 4 is 39.2 Å². The Hall–Kier alpha value is -2.36. The minimum Gasteiger partial charge on any atom is -0.497 e. The zero-order chi connectivity index (χ0) is 22.0. The molecular weight excluding hydrogens is 432 g/mol. The summed E-state index contributed by atoms with van der Waals surface area (Å²) in [5.74, 6) is 2.14. The second-order valence-corrected chi connectivity index (χ2v) is 9.46. The van der Waals surface area contributed by atoms with Gasteiger partial charge in [0.25, 0.3) is 11.5 Å². The van der Waals surface area contributed by atoms with Gasteiger partial charge in [-0.15, -0.1) is 11.3 Å². The second kappa shape index (κ2) is 9.42. The number of rotatable bonds is 6. The molecule has 2 aromatic heterocycles. The molecule has 0 bridgehead atoms. The molecule has 31 heavy (non-hydrogen) atoms. The third-order valence-electron chi connectivity index (χ3n) is 5.55. The van der Waals surface area contributed by atoms with Crippen molar-refractivity contribution < 1.29 is 9.53 Å². The van der Waals surface area contributed by atoms with Gasteiger partial charge in [0, 0.05) is 32.7 Å². The van der Waals surface area contributed by atoms with Gasteiger partial charge in [0.2, 0.25) is 0 Å². The summed E-state index contributed by atoms with van der Waals surface area (Å²) in [6.07, 6.45) is 1.97. The van der Waals surface area contributed by atoms with E-state index in [1.165, 1.54) is 16.9 Å². The lowest BCUT2D eigenvalue weighted by Gasteiger charge is -2.34. The number of thioether (sulfide) groups is 1. The standard InChI is InChI=1S/C22H26N4O3S2/c1-14-18-20(27)23-17(13-30-3)24-21(18)31-19(14)22(28)26-10-8-25(9-11-26)12-15-4-6-16(29-2)7-5-15/h4-7H,8-13H2,1-3H3,(H,23,24,27). The van der Waals surface area contributed by atoms with E-state index in [1.807, 2.05) is 30.2 Å². The summed E-state index contributed by atoms with van der Waals surface area (Å²) in [7, 11) is 1.67. The Kier molecular flexibility index (Phi) is 6.64. The number of amides is 1. The quantitative estimate of drug-likeness (QED) is 0.612. The highest BCUT2D eigenvalue weighted by atomic mass is 32.2. The number of benzene rings is 1. The molecule has 3 heterocycles. The fourth-order valence-electron chi connectivity index (χ4n) is 3.84. The number of nitrogens with one attached hydrogen (secondary N) is 1. The molecule has 1 aromatic carbocycles. The molecule has 1 aliphatic heterocycles. The van der Waals surface area contributed by atoms with Gasteiger partial charge in [0.1, 0.15) is 16.4 Å². The van der Waals surface area contributed by atoms with Gasteiger partial charge in [-0.25, -0.2) is 4.98 Å². The Morgan fingerprint density at radius 2 is 1.94 bits per heavy atom. The van der Waals surface area contributed by atoms with Crippen molar-refractivity contribution in [1.82, 2.24) is 19.8 Å². The first-order chi connectivity index (χ1) is 15.0. The zero-order valence-corrected chi connectivity index (χ0v) is 19.6. The van der Waals surface area contributed by atoms with Crippen LogP contribution in [0.25, 0.3) is 10.2 Å². The fraction of sp³-hybridized carbons (Fsp3) is 0.409. The molecule has 0 saturated carbocycles. The van der Waals surface area contributed by atoms with E-state index in [0.717, 1.165) is 30.9 Å². The number of aryl methyl sites for hydroxylation is 1. The number of nitrogens with zero attached hydrogens (tertiary/aromatic N) is 3. The topological polar surface area (TPSA) is 78.5 Å². The van der Waals surface area contributed by atoms with Crippen molar-refractivity contribution in [2.24, 2.45) is 0 Å². The van der Waals surface area contributed by atoms with E-state index in [4.69, 9.17) is 4.74 Å². The SMILES string of the molecule is COc1ccc(CN2CCN(C(=O)c3sc4nc(CSC)[nH]c(=O)c4c3C)CC2)cc1. The average Bonchev–Trinajstić information content (AvgIpc) is 3.11. The normalized spacial score (nSPS) is 14.9. The number of hydrogen-bond acceptors (Lipinski definition) is 7. The zero-order valence-electron chi connectivity index (χ0n) is 17.9. The predicted molar refractivity (Wildman–Crippen MR) is 126 cm³/mol. The number of carbonyl (C=O) groups is 1. The average molecular weight is 459 g/mol. The van der Waals surface area contributed by atoms with Crippen LogP contribution < -0.4 is 10.3 Å². The highest BCUT2D eigenvalue weighted by Crippen LogP contribution is 2.29. The van der Waals surface area contributed by atoms with Crippen molar-refractivity contribution in [3.05, 3.63) is 56.4 Å². The van der Waals surface area contributed by atoms with E-state index in [1.54, 1.807) is 18.9 Å². The summed E-state index contributed by atoms with van der Waals surface area (Å²) in [4.78, 5) is 38.6. The maximum atomic E-state index is 13.2. The highest BCUT2D eigenvalue weighted by Gasteiger charge is 2.26. The summed E-state index contributed by atoms with van der Waals surface area (Å²) in [6, 6.07) is 8.10. The molecule has 1 fully saturated rings. The number of fused-ring (bicyclic) bond motifs is 1. The molecule has 0 radical (unpaired) electrons. The van der Waals surface area contributed by atoms with Crippen LogP contribution in [0.1, 0.15) is 26.6 Å². The van der Waals surface area contributed by atoms with Gasteiger partial charge in [-0.05, 0) is 36.4 Å². The monoisotopic (exact) mass is 458 g/mol. The lowest BCUT2D eigenvalue weighted by molar-refractivity contribution is 0.0632. The van der Waals surface area contributed by atoms with E-state index in [0.29, 0.717) is 39.8 Å². The van der Waals surface area contributed by atoms with Gasteiger partial charge in [0.05, 0.1) is 23.1 Å². The molecule has 4 rings (SSSR count). The first-order valence-corrected chi connectivity index (χ1v) is 12.4. The van der Waals surface area contributed by atoms with Crippen LogP contribution in [0.2, 0.25) is 0 Å². The summed E-state index contributed by atoms with van der Waals surface area (Å²) >= 11 is 2.93. The Balaban J connectivity index is 1.44. The molecule has 0 unspecified atom stereocenters. The Labute approximate surface area is 189 Å². The van der Waals surface area contributed by atoms with E-state index < -0.39 is 0 Å². The Morgan fingerprint density at radius 3 is 2.58 bits per heavy atom. The van der Waals surface area contributed by atoms with Crippen LogP contribution in [0.3, 0.4) is 0 Å². The van der Waals surface area contributed by atoms with Crippen LogP contribution in [-0.2, 0) is 12.3 Å². The van der Waals surface area contributed by atoms with Crippen molar-refractivity contribution in [3.63, 3.8) is 0 Å². The van der Waals surface area contributed by atoms with E-state index in [2.05, 4.69) is 27.0 Å². The first-order valence-electron chi connectivity index (χ1n) is 10.2. The minimum absolute atomic E-state index is 0.00425. The van der Waals surface area contributed by atoms with Crippen LogP contribution >= 0.6 is 23.1 Å². The summed E-state index contributed by atoms with van der Waals surface area (Å²) in [5.41, 5.74) is 1.80. The fourth-order valence-corrected chi connectivity index (χ4v) is 5.42. The summed E-state index contributed by atoms with van der Waals surface area (Å²) in [5, 5.41) is 0.538. The Morgan fingerprint density at radius 1 is 1.23 bits per heavy atom. The third kappa shape index (κ3) is 4.63. The van der Waals surface area contributed by atoms with Gasteiger partial charge in [-0.3, -0.25) is 14.5 Å². The maximum Gasteiger partial charge on any atom is 0.264 e. The van der Waals surface area contributed by atoms with Gasteiger partial charge >= 0.3 is 0 Å². The van der Waals surface area contributed by atoms with Crippen molar-refractivity contribution in [1.29, 1.82) is 0 Å². The second-order valence-electron chi connectivity index (χ2n) is 7.60. The lowest BCUT2D eigenvalue weighted by atomic mass is 10.1. The molecule has 0 atom stereocenters. The largest absolute Gasteiger partial charge is 0.497 e. The van der Waals surface area contributed by atoms with E-state index in [9.17, 15) is 9.59 Å². The predicted octanol–water partition coefficient (Wildman–Crippen LogP) is 3.12. The van der Waals surface area contributed by atoms with Crippen molar-refractivity contribution in [2.45, 2.75) is 19.2 Å². The maximum absolute atomic E-state index is 13.2. The number of piperazine rings is 1. The van der Waals surface area contributed by atoms with Crippen molar-refractivity contribution in [2.75, 3.05) is 39.5 Å². The third-order valence-corrected chi connectivity index (χ3v) is 7.29. The molecule has 9 heteroatoms. The smallest absolute Gasteiger partial charge is 0.264 e. The Bertz CT molecular complexity index is 1130. The van der Waals surface area contributed by atoms with E-state index in [-0.39, 0.29) is 11.5 Å². The van der Waals surface area contributed by atoms with E-state index >= 15 is 0 Å². The van der Waals surface area contributed by atoms with Gasteiger partial charge in [-0.1, -0.05) is 12.1 Å². The van der Waals surface area contributed by atoms with Gasteiger partial charge in [0.15, 0.2) is 0 Å². The molecule has 3 aromatic rings. The summed E-state index contributed by atoms with van der Waals surface area (Å²) in [6.45, 7) is 5.67. The minimum atomic E-state index is -0.161. The number of hydrogen-bond donors (Lipinski definition) is 1. The number of aromatic amines is 1. The van der Waals surface area contributed by atoms with Crippen LogP contribution in [-0.4, -0.2) is 65.2 Å². The van der Waals surface area contributed by atoms with Crippen LogP contribution in [0, 0.1) is 6.92 Å². The number of carbonyl (C=O) groups excluding carboxylic acids is 1. The molecule has 1 saturated heterocycles. The molecule has 0 aliphatic carbocycles. The van der Waals surface area contributed by atoms with Gasteiger partial charge in [-0.2, -0.15) is 11.8 Å². The van der Waals surface area contributed by atoms with Gasteiger partial charge < -0.3 is 14.6 Å². The molecule has 164 valence electrons. The first kappa shape index (κ1) is 21.9. The number of ether oxygens (including phenoxy) is 1. The molecule has 0 spiro atoms. The van der Waals surface area contributed by atoms with Crippen LogP contribution in [0.4, 0.5) is 0 Å². The molecule has 1 N–H and O–H groups in total. The molecular formula is C22H26N4O3S2. The highest BCUT2D eigenvalue weighted by molar-refractivity contribution is 7.97. The van der Waals surface area contributed by atoms with Crippen LogP contribution in [0.5, 0.6) is 5.75 Å². The van der Waals surface area contributed by atoms with Crippen LogP contribution in [0.15, 0.2) is 29.1 Å². The number of H-pyrrole nitrogens is 1. The number of thiophene rings is 1. The molecule has 7 nitrogen and oxygen atoms in total. The summed E-state index contributed by atoms with van der Waals surface area (Å²) < 4.78 is 5.22. The molecule has 1 amide bonds. The lowest BCUT2D eigenvalue weighted by Crippen LogP contribution is -2.48.